The lowest BCUT2D eigenvalue weighted by Crippen LogP contribution is -2.32. The molecule has 0 saturated heterocycles. The molecule has 0 aromatic carbocycles. The number of thioether (sulfide) groups is 1. The Labute approximate surface area is 119 Å². The van der Waals surface area contributed by atoms with Crippen LogP contribution in [-0.2, 0) is 14.4 Å². The number of aryl methyl sites for hydroxylation is 1. The Hall–Kier alpha value is -2.03. The zero-order valence-corrected chi connectivity index (χ0v) is 11.8. The Balaban J connectivity index is 2.31. The number of hydrogen-bond donors (Lipinski definition) is 3. The molecule has 1 unspecified atom stereocenters. The summed E-state index contributed by atoms with van der Waals surface area (Å²) in [6.45, 7) is 2.91. The number of rotatable bonds is 7. The van der Waals surface area contributed by atoms with Crippen LogP contribution < -0.4 is 10.6 Å². The van der Waals surface area contributed by atoms with Crippen LogP contribution in [0, 0.1) is 6.92 Å². The summed E-state index contributed by atoms with van der Waals surface area (Å²) in [5.74, 6) is -0.970. The number of nitrogens with one attached hydrogen (secondary N) is 2. The van der Waals surface area contributed by atoms with E-state index in [-0.39, 0.29) is 11.7 Å². The van der Waals surface area contributed by atoms with Gasteiger partial charge in [-0.1, -0.05) is 5.16 Å². The Morgan fingerprint density at radius 2 is 2.20 bits per heavy atom. The lowest BCUT2D eigenvalue weighted by molar-refractivity contribution is -0.137. The highest BCUT2D eigenvalue weighted by Gasteiger charge is 2.16. The van der Waals surface area contributed by atoms with Gasteiger partial charge >= 0.3 is 5.97 Å². The third-order valence-corrected chi connectivity index (χ3v) is 3.29. The molecule has 1 rings (SSSR count). The first kappa shape index (κ1) is 16.0. The molecule has 1 heterocycles. The Morgan fingerprint density at radius 3 is 2.75 bits per heavy atom. The number of amides is 2. The van der Waals surface area contributed by atoms with Crippen molar-refractivity contribution < 1.29 is 24.0 Å². The number of aromatic nitrogens is 1. The molecule has 1 atom stereocenters. The van der Waals surface area contributed by atoms with Crippen LogP contribution >= 0.6 is 11.8 Å². The van der Waals surface area contributed by atoms with Gasteiger partial charge in [0, 0.05) is 6.07 Å². The largest absolute Gasteiger partial charge is 0.480 e. The summed E-state index contributed by atoms with van der Waals surface area (Å²) in [5.41, 5.74) is 0. The second-order valence-corrected chi connectivity index (χ2v) is 5.26. The fourth-order valence-electron chi connectivity index (χ4n) is 1.15. The van der Waals surface area contributed by atoms with Crippen molar-refractivity contribution in [3.8, 4) is 0 Å². The van der Waals surface area contributed by atoms with E-state index in [0.29, 0.717) is 11.6 Å². The number of carbonyl (C=O) groups is 3. The Bertz CT molecular complexity index is 502. The van der Waals surface area contributed by atoms with Gasteiger partial charge in [0.25, 0.3) is 0 Å². The number of aliphatic carboxylic acids is 1. The van der Waals surface area contributed by atoms with E-state index >= 15 is 0 Å². The highest BCUT2D eigenvalue weighted by molar-refractivity contribution is 8.01. The van der Waals surface area contributed by atoms with Crippen LogP contribution in [0.1, 0.15) is 12.7 Å². The fourth-order valence-corrected chi connectivity index (χ4v) is 1.87. The Kier molecular flexibility index (Phi) is 6.04. The third-order valence-electron chi connectivity index (χ3n) is 2.15. The number of nitrogens with zero attached hydrogens (tertiary/aromatic N) is 1. The van der Waals surface area contributed by atoms with Gasteiger partial charge in [0.05, 0.1) is 11.0 Å². The van der Waals surface area contributed by atoms with Crippen molar-refractivity contribution in [2.24, 2.45) is 0 Å². The smallest absolute Gasteiger partial charge is 0.322 e. The molecule has 3 N–H and O–H groups in total. The zero-order valence-electron chi connectivity index (χ0n) is 11.0. The molecule has 0 saturated carbocycles. The predicted molar refractivity (Wildman–Crippen MR) is 72.4 cm³/mol. The lowest BCUT2D eigenvalue weighted by atomic mass is 10.4. The summed E-state index contributed by atoms with van der Waals surface area (Å²) in [6, 6.07) is 1.58. The highest BCUT2D eigenvalue weighted by atomic mass is 32.2. The van der Waals surface area contributed by atoms with Gasteiger partial charge in [-0.2, -0.15) is 0 Å². The molecule has 9 heteroatoms. The molecule has 2 amide bonds. The lowest BCUT2D eigenvalue weighted by Gasteiger charge is -2.09. The molecule has 0 fully saturated rings. The SMILES string of the molecule is Cc1cc(NC(=O)C(C)SCC(=O)NCC(=O)O)no1. The quantitative estimate of drug-likeness (QED) is 0.659. The molecule has 1 aromatic rings. The van der Waals surface area contributed by atoms with Crippen molar-refractivity contribution in [1.29, 1.82) is 0 Å². The third kappa shape index (κ3) is 5.74. The van der Waals surface area contributed by atoms with Crippen molar-refractivity contribution >= 4 is 35.4 Å². The number of carbonyl (C=O) groups excluding carboxylic acids is 2. The highest BCUT2D eigenvalue weighted by Crippen LogP contribution is 2.13. The molecule has 110 valence electrons. The van der Waals surface area contributed by atoms with Gasteiger partial charge in [0.1, 0.15) is 12.3 Å². The average Bonchev–Trinajstić information content (AvgIpc) is 2.78. The van der Waals surface area contributed by atoms with E-state index in [1.54, 1.807) is 19.9 Å². The van der Waals surface area contributed by atoms with E-state index < -0.39 is 23.7 Å². The molecule has 1 aromatic heterocycles. The molecular formula is C11H15N3O5S. The maximum absolute atomic E-state index is 11.8. The molecule has 8 nitrogen and oxygen atoms in total. The number of anilines is 1. The fraction of sp³-hybridized carbons (Fsp3) is 0.455. The van der Waals surface area contributed by atoms with Gasteiger partial charge in [0.2, 0.25) is 11.8 Å². The molecular weight excluding hydrogens is 286 g/mol. The van der Waals surface area contributed by atoms with E-state index in [1.165, 1.54) is 0 Å². The maximum atomic E-state index is 11.8. The van der Waals surface area contributed by atoms with Gasteiger partial charge in [-0.3, -0.25) is 14.4 Å². The van der Waals surface area contributed by atoms with Crippen LogP contribution in [0.3, 0.4) is 0 Å². The van der Waals surface area contributed by atoms with Gasteiger partial charge in [-0.15, -0.1) is 11.8 Å². The number of hydrogen-bond acceptors (Lipinski definition) is 6. The molecule has 0 aliphatic heterocycles. The van der Waals surface area contributed by atoms with Crippen molar-refractivity contribution in [2.45, 2.75) is 19.1 Å². The van der Waals surface area contributed by atoms with Gasteiger partial charge in [-0.05, 0) is 13.8 Å². The summed E-state index contributed by atoms with van der Waals surface area (Å²) in [6.07, 6.45) is 0. The summed E-state index contributed by atoms with van der Waals surface area (Å²) in [5, 5.41) is 16.3. The molecule has 20 heavy (non-hydrogen) atoms. The van der Waals surface area contributed by atoms with E-state index in [0.717, 1.165) is 11.8 Å². The second kappa shape index (κ2) is 7.53. The molecule has 0 aliphatic carbocycles. The van der Waals surface area contributed by atoms with E-state index in [4.69, 9.17) is 9.63 Å². The van der Waals surface area contributed by atoms with Gasteiger partial charge < -0.3 is 20.3 Å². The van der Waals surface area contributed by atoms with Gasteiger partial charge in [-0.25, -0.2) is 0 Å². The zero-order chi connectivity index (χ0) is 15.1. The summed E-state index contributed by atoms with van der Waals surface area (Å²) in [7, 11) is 0. The monoisotopic (exact) mass is 301 g/mol. The molecule has 0 spiro atoms. The minimum Gasteiger partial charge on any atom is -0.480 e. The predicted octanol–water partition coefficient (Wildman–Crippen LogP) is 0.244. The maximum Gasteiger partial charge on any atom is 0.322 e. The summed E-state index contributed by atoms with van der Waals surface area (Å²) < 4.78 is 4.81. The van der Waals surface area contributed by atoms with Crippen molar-refractivity contribution in [2.75, 3.05) is 17.6 Å². The topological polar surface area (TPSA) is 122 Å². The Morgan fingerprint density at radius 1 is 1.50 bits per heavy atom. The number of carboxylic acid groups (broad SMARTS) is 1. The summed E-state index contributed by atoms with van der Waals surface area (Å²) in [4.78, 5) is 33.3. The van der Waals surface area contributed by atoms with E-state index in [1.807, 2.05) is 0 Å². The summed E-state index contributed by atoms with van der Waals surface area (Å²) >= 11 is 1.09. The van der Waals surface area contributed by atoms with Crippen LogP contribution in [-0.4, -0.2) is 45.6 Å². The van der Waals surface area contributed by atoms with Crippen molar-refractivity contribution in [1.82, 2.24) is 10.5 Å². The van der Waals surface area contributed by atoms with E-state index in [2.05, 4.69) is 15.8 Å². The first-order valence-electron chi connectivity index (χ1n) is 5.72. The number of carboxylic acids is 1. The first-order valence-corrected chi connectivity index (χ1v) is 6.77. The van der Waals surface area contributed by atoms with Crippen LogP contribution in [0.25, 0.3) is 0 Å². The van der Waals surface area contributed by atoms with Crippen molar-refractivity contribution in [3.05, 3.63) is 11.8 Å². The van der Waals surface area contributed by atoms with Crippen LogP contribution in [0.5, 0.6) is 0 Å². The average molecular weight is 301 g/mol. The minimum atomic E-state index is -1.12. The van der Waals surface area contributed by atoms with Crippen LogP contribution in [0.4, 0.5) is 5.82 Å². The van der Waals surface area contributed by atoms with E-state index in [9.17, 15) is 14.4 Å². The normalized spacial score (nSPS) is 11.7. The molecule has 0 radical (unpaired) electrons. The van der Waals surface area contributed by atoms with Gasteiger partial charge in [0.15, 0.2) is 5.82 Å². The van der Waals surface area contributed by atoms with Crippen molar-refractivity contribution in [3.63, 3.8) is 0 Å². The molecule has 0 bridgehead atoms. The minimum absolute atomic E-state index is 0.000288. The molecule has 0 aliphatic rings. The van der Waals surface area contributed by atoms with Crippen LogP contribution in [0.15, 0.2) is 10.6 Å². The first-order chi connectivity index (χ1) is 9.38. The second-order valence-electron chi connectivity index (χ2n) is 3.94. The standard InChI is InChI=1S/C11H15N3O5S/c1-6-3-8(14-19-6)13-11(18)7(2)20-5-9(15)12-4-10(16)17/h3,7H,4-5H2,1-2H3,(H,12,15)(H,16,17)(H,13,14,18). The van der Waals surface area contributed by atoms with Crippen LogP contribution in [0.2, 0.25) is 0 Å².